The van der Waals surface area contributed by atoms with Crippen LogP contribution in [0.5, 0.6) is 11.5 Å². The first-order valence-electron chi connectivity index (χ1n) is 7.61. The summed E-state index contributed by atoms with van der Waals surface area (Å²) in [5.74, 6) is -0.816. The number of rotatable bonds is 6. The molecule has 0 unspecified atom stereocenters. The summed E-state index contributed by atoms with van der Waals surface area (Å²) in [4.78, 5) is 24.8. The van der Waals surface area contributed by atoms with Crippen LogP contribution in [0.1, 0.15) is 34.6 Å². The molecule has 0 atom stereocenters. The van der Waals surface area contributed by atoms with Crippen molar-refractivity contribution in [2.45, 2.75) is 13.8 Å². The van der Waals surface area contributed by atoms with Crippen molar-refractivity contribution in [1.29, 1.82) is 0 Å². The van der Waals surface area contributed by atoms with E-state index in [0.29, 0.717) is 24.0 Å². The molecule has 6 nitrogen and oxygen atoms in total. The lowest BCUT2D eigenvalue weighted by atomic mass is 9.97. The second-order valence-corrected chi connectivity index (χ2v) is 4.80. The molecule has 2 rings (SSSR count). The summed E-state index contributed by atoms with van der Waals surface area (Å²) in [6, 6.07) is 7.24. The highest BCUT2D eigenvalue weighted by Crippen LogP contribution is 2.41. The van der Waals surface area contributed by atoms with Crippen molar-refractivity contribution in [2.75, 3.05) is 27.4 Å². The van der Waals surface area contributed by atoms with Gasteiger partial charge in [0.15, 0.2) is 0 Å². The van der Waals surface area contributed by atoms with Crippen molar-refractivity contribution in [3.05, 3.63) is 35.4 Å². The molecule has 2 aromatic rings. The van der Waals surface area contributed by atoms with Gasteiger partial charge in [-0.25, -0.2) is 9.59 Å². The molecule has 0 aliphatic heterocycles. The van der Waals surface area contributed by atoms with Gasteiger partial charge in [-0.05, 0) is 13.8 Å². The molecule has 0 aliphatic carbocycles. The normalized spacial score (nSPS) is 10.3. The van der Waals surface area contributed by atoms with Crippen LogP contribution in [0.2, 0.25) is 0 Å². The Balaban J connectivity index is 3.01. The average Bonchev–Trinajstić information content (AvgIpc) is 2.62. The van der Waals surface area contributed by atoms with Gasteiger partial charge in [0.05, 0.1) is 27.4 Å². The van der Waals surface area contributed by atoms with Crippen LogP contribution in [0.4, 0.5) is 0 Å². The molecule has 0 N–H and O–H groups in total. The van der Waals surface area contributed by atoms with Gasteiger partial charge in [0, 0.05) is 10.8 Å². The Kier molecular flexibility index (Phi) is 5.63. The maximum Gasteiger partial charge on any atom is 0.342 e. The minimum Gasteiger partial charge on any atom is -0.492 e. The van der Waals surface area contributed by atoms with E-state index in [4.69, 9.17) is 18.9 Å². The second kappa shape index (κ2) is 7.68. The lowest BCUT2D eigenvalue weighted by Gasteiger charge is -2.19. The fourth-order valence-corrected chi connectivity index (χ4v) is 2.56. The number of hydrogen-bond donors (Lipinski definition) is 0. The number of hydrogen-bond acceptors (Lipinski definition) is 6. The van der Waals surface area contributed by atoms with Gasteiger partial charge in [-0.3, -0.25) is 0 Å². The van der Waals surface area contributed by atoms with Gasteiger partial charge in [-0.15, -0.1) is 0 Å². The minimum atomic E-state index is -0.689. The van der Waals surface area contributed by atoms with Crippen LogP contribution in [0, 0.1) is 0 Å². The Labute approximate surface area is 140 Å². The van der Waals surface area contributed by atoms with Crippen LogP contribution in [-0.2, 0) is 9.47 Å². The minimum absolute atomic E-state index is 0.00773. The van der Waals surface area contributed by atoms with Gasteiger partial charge < -0.3 is 18.9 Å². The fraction of sp³-hybridized carbons (Fsp3) is 0.333. The number of benzene rings is 2. The third-order valence-corrected chi connectivity index (χ3v) is 3.48. The van der Waals surface area contributed by atoms with Crippen molar-refractivity contribution >= 4 is 22.7 Å². The van der Waals surface area contributed by atoms with E-state index in [0.717, 1.165) is 0 Å². The molecule has 24 heavy (non-hydrogen) atoms. The maximum absolute atomic E-state index is 12.4. The van der Waals surface area contributed by atoms with Gasteiger partial charge >= 0.3 is 11.9 Å². The monoisotopic (exact) mass is 332 g/mol. The van der Waals surface area contributed by atoms with Gasteiger partial charge in [0.25, 0.3) is 0 Å². The zero-order valence-corrected chi connectivity index (χ0v) is 14.2. The molecule has 0 aliphatic rings. The van der Waals surface area contributed by atoms with Gasteiger partial charge in [0.1, 0.15) is 22.6 Å². The third kappa shape index (κ3) is 2.99. The first-order chi connectivity index (χ1) is 11.6. The number of fused-ring (bicyclic) bond motifs is 1. The van der Waals surface area contributed by atoms with Crippen LogP contribution >= 0.6 is 0 Å². The molecule has 0 radical (unpaired) electrons. The maximum atomic E-state index is 12.4. The number of carbonyl (C=O) groups excluding carboxylic acids is 2. The van der Waals surface area contributed by atoms with Crippen LogP contribution in [0.3, 0.4) is 0 Å². The number of methoxy groups -OCH3 is 2. The summed E-state index contributed by atoms with van der Waals surface area (Å²) < 4.78 is 21.1. The summed E-state index contributed by atoms with van der Waals surface area (Å²) in [5, 5.41) is 1.33. The van der Waals surface area contributed by atoms with Gasteiger partial charge in [-0.2, -0.15) is 0 Å². The van der Waals surface area contributed by atoms with Crippen LogP contribution in [-0.4, -0.2) is 39.4 Å². The number of esters is 2. The Bertz CT molecular complexity index is 701. The van der Waals surface area contributed by atoms with Gasteiger partial charge in [0.2, 0.25) is 0 Å². The van der Waals surface area contributed by atoms with Crippen LogP contribution < -0.4 is 9.47 Å². The highest BCUT2D eigenvalue weighted by molar-refractivity contribution is 6.14. The largest absolute Gasteiger partial charge is 0.492 e. The first kappa shape index (κ1) is 17.6. The molecule has 2 aromatic carbocycles. The Morgan fingerprint density at radius 2 is 1.17 bits per heavy atom. The summed E-state index contributed by atoms with van der Waals surface area (Å²) in [7, 11) is 2.49. The topological polar surface area (TPSA) is 71.1 Å². The molecular weight excluding hydrogens is 312 g/mol. The Morgan fingerprint density at radius 3 is 1.46 bits per heavy atom. The zero-order valence-electron chi connectivity index (χ0n) is 14.2. The standard InChI is InChI=1S/C18H20O6/c1-5-23-15-11-9-7-8-10-12(11)16(24-6-2)14(18(20)22-4)13(15)17(19)21-3/h7-10H,5-6H2,1-4H3. The van der Waals surface area contributed by atoms with Crippen molar-refractivity contribution in [1.82, 2.24) is 0 Å². The Morgan fingerprint density at radius 1 is 0.792 bits per heavy atom. The predicted molar refractivity (Wildman–Crippen MR) is 89.0 cm³/mol. The fourth-order valence-electron chi connectivity index (χ4n) is 2.56. The molecule has 6 heteroatoms. The highest BCUT2D eigenvalue weighted by atomic mass is 16.5. The first-order valence-corrected chi connectivity index (χ1v) is 7.61. The van der Waals surface area contributed by atoms with Crippen LogP contribution in [0.25, 0.3) is 10.8 Å². The van der Waals surface area contributed by atoms with Crippen LogP contribution in [0.15, 0.2) is 24.3 Å². The molecule has 0 amide bonds. The molecule has 0 bridgehead atoms. The lowest BCUT2D eigenvalue weighted by molar-refractivity contribution is 0.0548. The smallest absolute Gasteiger partial charge is 0.342 e. The highest BCUT2D eigenvalue weighted by Gasteiger charge is 2.31. The number of carbonyl (C=O) groups is 2. The van der Waals surface area contributed by atoms with E-state index in [1.807, 2.05) is 12.1 Å². The van der Waals surface area contributed by atoms with Crippen molar-refractivity contribution in [3.63, 3.8) is 0 Å². The van der Waals surface area contributed by atoms with E-state index < -0.39 is 11.9 Å². The quantitative estimate of drug-likeness (QED) is 0.757. The summed E-state index contributed by atoms with van der Waals surface area (Å²) >= 11 is 0. The molecule has 0 aromatic heterocycles. The van der Waals surface area contributed by atoms with E-state index in [1.165, 1.54) is 14.2 Å². The Hall–Kier alpha value is -2.76. The molecular formula is C18H20O6. The van der Waals surface area contributed by atoms with E-state index in [9.17, 15) is 9.59 Å². The molecule has 0 spiro atoms. The lowest BCUT2D eigenvalue weighted by Crippen LogP contribution is -2.16. The summed E-state index contributed by atoms with van der Waals surface area (Å²) in [6.07, 6.45) is 0. The van der Waals surface area contributed by atoms with E-state index in [-0.39, 0.29) is 22.6 Å². The van der Waals surface area contributed by atoms with E-state index >= 15 is 0 Å². The SMILES string of the molecule is CCOc1c(C(=O)OC)c(C(=O)OC)c(OCC)c2ccccc12. The number of ether oxygens (including phenoxy) is 4. The van der Waals surface area contributed by atoms with Gasteiger partial charge in [-0.1, -0.05) is 24.3 Å². The molecule has 0 heterocycles. The molecule has 0 fully saturated rings. The van der Waals surface area contributed by atoms with Crippen molar-refractivity contribution in [2.24, 2.45) is 0 Å². The predicted octanol–water partition coefficient (Wildman–Crippen LogP) is 3.21. The van der Waals surface area contributed by atoms with Crippen molar-refractivity contribution < 1.29 is 28.5 Å². The molecule has 0 saturated heterocycles. The third-order valence-electron chi connectivity index (χ3n) is 3.48. The van der Waals surface area contributed by atoms with Crippen molar-refractivity contribution in [3.8, 4) is 11.5 Å². The molecule has 128 valence electrons. The summed E-state index contributed by atoms with van der Waals surface area (Å²) in [6.45, 7) is 4.24. The zero-order chi connectivity index (χ0) is 17.7. The second-order valence-electron chi connectivity index (χ2n) is 4.80. The average molecular weight is 332 g/mol. The van der Waals surface area contributed by atoms with E-state index in [2.05, 4.69) is 0 Å². The van der Waals surface area contributed by atoms with E-state index in [1.54, 1.807) is 26.0 Å². The molecule has 0 saturated carbocycles. The summed E-state index contributed by atoms with van der Waals surface area (Å²) in [5.41, 5.74) is 0.0155.